The normalized spacial score (nSPS) is 15.6. The number of halogens is 1. The van der Waals surface area contributed by atoms with Gasteiger partial charge in [0.25, 0.3) is 0 Å². The molecule has 0 heterocycles. The SMILES string of the molecule is CC(CN[C@H](C)c1cccc(Cl)c1)/C(N)=N/O. The van der Waals surface area contributed by atoms with Crippen LogP contribution in [0.3, 0.4) is 0 Å². The first kappa shape index (κ1) is 13.8. The van der Waals surface area contributed by atoms with E-state index in [1.165, 1.54) is 0 Å². The summed E-state index contributed by atoms with van der Waals surface area (Å²) < 4.78 is 0. The first-order chi connectivity index (χ1) is 8.04. The van der Waals surface area contributed by atoms with Crippen LogP contribution in [0.1, 0.15) is 25.5 Å². The lowest BCUT2D eigenvalue weighted by Gasteiger charge is -2.17. The van der Waals surface area contributed by atoms with Crippen molar-refractivity contribution in [3.05, 3.63) is 34.9 Å². The Balaban J connectivity index is 2.53. The topological polar surface area (TPSA) is 70.6 Å². The Morgan fingerprint density at radius 1 is 1.53 bits per heavy atom. The molecule has 1 unspecified atom stereocenters. The van der Waals surface area contributed by atoms with Gasteiger partial charge >= 0.3 is 0 Å². The van der Waals surface area contributed by atoms with Crippen molar-refractivity contribution in [3.8, 4) is 0 Å². The number of rotatable bonds is 5. The summed E-state index contributed by atoms with van der Waals surface area (Å²) in [5.41, 5.74) is 6.62. The molecule has 0 radical (unpaired) electrons. The summed E-state index contributed by atoms with van der Waals surface area (Å²) in [7, 11) is 0. The van der Waals surface area contributed by atoms with Gasteiger partial charge in [0.1, 0.15) is 5.84 Å². The number of amidine groups is 1. The number of hydrogen-bond donors (Lipinski definition) is 3. The van der Waals surface area contributed by atoms with Gasteiger partial charge in [-0.2, -0.15) is 0 Å². The van der Waals surface area contributed by atoms with Gasteiger partial charge in [0.05, 0.1) is 0 Å². The van der Waals surface area contributed by atoms with Gasteiger partial charge in [0.15, 0.2) is 0 Å². The van der Waals surface area contributed by atoms with Crippen molar-refractivity contribution >= 4 is 17.4 Å². The number of nitrogens with zero attached hydrogens (tertiary/aromatic N) is 1. The van der Waals surface area contributed by atoms with Crippen LogP contribution in [0.2, 0.25) is 5.02 Å². The molecule has 1 aromatic rings. The summed E-state index contributed by atoms with van der Waals surface area (Å²) in [6, 6.07) is 7.87. The average Bonchev–Trinajstić information content (AvgIpc) is 2.34. The molecule has 17 heavy (non-hydrogen) atoms. The molecule has 2 atom stereocenters. The van der Waals surface area contributed by atoms with E-state index in [0.29, 0.717) is 6.54 Å². The molecule has 0 aliphatic heterocycles. The molecule has 5 heteroatoms. The highest BCUT2D eigenvalue weighted by Gasteiger charge is 2.10. The maximum Gasteiger partial charge on any atom is 0.143 e. The minimum absolute atomic E-state index is 0.0124. The molecule has 1 aromatic carbocycles. The number of benzene rings is 1. The van der Waals surface area contributed by atoms with E-state index in [1.54, 1.807) is 0 Å². The summed E-state index contributed by atoms with van der Waals surface area (Å²) in [5.74, 6) is 0.220. The standard InChI is InChI=1S/C12H18ClN3O/c1-8(12(14)16-17)7-15-9(2)10-4-3-5-11(13)6-10/h3-6,8-9,15,17H,7H2,1-2H3,(H2,14,16)/t8?,9-/m1/s1. The van der Waals surface area contributed by atoms with E-state index >= 15 is 0 Å². The summed E-state index contributed by atoms with van der Waals surface area (Å²) in [6.07, 6.45) is 0. The number of nitrogens with one attached hydrogen (secondary N) is 1. The molecule has 94 valence electrons. The smallest absolute Gasteiger partial charge is 0.143 e. The van der Waals surface area contributed by atoms with Crippen LogP contribution < -0.4 is 11.1 Å². The first-order valence-electron chi connectivity index (χ1n) is 5.51. The number of hydrogen-bond acceptors (Lipinski definition) is 3. The van der Waals surface area contributed by atoms with Crippen LogP contribution >= 0.6 is 11.6 Å². The van der Waals surface area contributed by atoms with Crippen LogP contribution in [0.4, 0.5) is 0 Å². The fourth-order valence-corrected chi connectivity index (χ4v) is 1.65. The second-order valence-electron chi connectivity index (χ2n) is 4.11. The Morgan fingerprint density at radius 3 is 2.82 bits per heavy atom. The van der Waals surface area contributed by atoms with Crippen molar-refractivity contribution in [1.82, 2.24) is 5.32 Å². The average molecular weight is 256 g/mol. The van der Waals surface area contributed by atoms with Crippen LogP contribution in [0.5, 0.6) is 0 Å². The highest BCUT2D eigenvalue weighted by molar-refractivity contribution is 6.30. The number of nitrogens with two attached hydrogens (primary N) is 1. The monoisotopic (exact) mass is 255 g/mol. The van der Waals surface area contributed by atoms with Gasteiger partial charge in [-0.3, -0.25) is 0 Å². The van der Waals surface area contributed by atoms with Crippen LogP contribution in [0, 0.1) is 5.92 Å². The van der Waals surface area contributed by atoms with Crippen LogP contribution in [0.15, 0.2) is 29.4 Å². The predicted octanol–water partition coefficient (Wildman–Crippen LogP) is 2.37. The quantitative estimate of drug-likeness (QED) is 0.327. The van der Waals surface area contributed by atoms with E-state index in [2.05, 4.69) is 10.5 Å². The van der Waals surface area contributed by atoms with Gasteiger partial charge in [0.2, 0.25) is 0 Å². The Bertz CT molecular complexity index is 395. The van der Waals surface area contributed by atoms with Crippen LogP contribution in [0.25, 0.3) is 0 Å². The van der Waals surface area contributed by atoms with Crippen molar-refractivity contribution in [2.24, 2.45) is 16.8 Å². The summed E-state index contributed by atoms with van der Waals surface area (Å²) in [6.45, 7) is 4.58. The molecule has 0 aliphatic carbocycles. The molecule has 0 aromatic heterocycles. The van der Waals surface area contributed by atoms with Crippen LogP contribution in [-0.2, 0) is 0 Å². The third-order valence-electron chi connectivity index (χ3n) is 2.70. The summed E-state index contributed by atoms with van der Waals surface area (Å²) in [4.78, 5) is 0. The molecular formula is C12H18ClN3O. The molecule has 0 fully saturated rings. The zero-order chi connectivity index (χ0) is 12.8. The molecule has 0 aliphatic rings. The minimum atomic E-state index is -0.0124. The van der Waals surface area contributed by atoms with Gasteiger partial charge in [-0.25, -0.2) is 0 Å². The lowest BCUT2D eigenvalue weighted by Crippen LogP contribution is -2.32. The minimum Gasteiger partial charge on any atom is -0.409 e. The maximum absolute atomic E-state index is 8.54. The van der Waals surface area contributed by atoms with Crippen molar-refractivity contribution in [2.75, 3.05) is 6.54 Å². The zero-order valence-electron chi connectivity index (χ0n) is 10.0. The van der Waals surface area contributed by atoms with Gasteiger partial charge in [0, 0.05) is 23.5 Å². The van der Waals surface area contributed by atoms with E-state index in [1.807, 2.05) is 38.1 Å². The largest absolute Gasteiger partial charge is 0.409 e. The molecule has 4 N–H and O–H groups in total. The maximum atomic E-state index is 8.54. The zero-order valence-corrected chi connectivity index (χ0v) is 10.8. The van der Waals surface area contributed by atoms with Gasteiger partial charge in [-0.1, -0.05) is 35.8 Å². The van der Waals surface area contributed by atoms with E-state index in [0.717, 1.165) is 10.6 Å². The Kier molecular flexibility index (Phi) is 5.25. The van der Waals surface area contributed by atoms with Crippen LogP contribution in [-0.4, -0.2) is 17.6 Å². The van der Waals surface area contributed by atoms with Crippen molar-refractivity contribution in [1.29, 1.82) is 0 Å². The molecule has 0 saturated heterocycles. The fraction of sp³-hybridized carbons (Fsp3) is 0.417. The Morgan fingerprint density at radius 2 is 2.24 bits per heavy atom. The second-order valence-corrected chi connectivity index (χ2v) is 4.55. The molecule has 0 spiro atoms. The third-order valence-corrected chi connectivity index (χ3v) is 2.93. The van der Waals surface area contributed by atoms with Crippen molar-refractivity contribution in [3.63, 3.8) is 0 Å². The summed E-state index contributed by atoms with van der Waals surface area (Å²) in [5, 5.41) is 15.6. The Hall–Kier alpha value is -1.26. The highest BCUT2D eigenvalue weighted by Crippen LogP contribution is 2.17. The van der Waals surface area contributed by atoms with Gasteiger partial charge < -0.3 is 16.3 Å². The van der Waals surface area contributed by atoms with Crippen molar-refractivity contribution in [2.45, 2.75) is 19.9 Å². The predicted molar refractivity (Wildman–Crippen MR) is 70.4 cm³/mol. The molecular weight excluding hydrogens is 238 g/mol. The Labute approximate surface area is 106 Å². The van der Waals surface area contributed by atoms with E-state index < -0.39 is 0 Å². The van der Waals surface area contributed by atoms with E-state index in [-0.39, 0.29) is 17.8 Å². The first-order valence-corrected chi connectivity index (χ1v) is 5.88. The van der Waals surface area contributed by atoms with E-state index in [4.69, 9.17) is 22.5 Å². The molecule has 0 amide bonds. The van der Waals surface area contributed by atoms with Gasteiger partial charge in [-0.15, -0.1) is 0 Å². The van der Waals surface area contributed by atoms with Gasteiger partial charge in [-0.05, 0) is 24.6 Å². The summed E-state index contributed by atoms with van der Waals surface area (Å²) >= 11 is 5.92. The lowest BCUT2D eigenvalue weighted by atomic mass is 10.1. The van der Waals surface area contributed by atoms with Crippen molar-refractivity contribution < 1.29 is 5.21 Å². The third kappa shape index (κ3) is 4.24. The fourth-order valence-electron chi connectivity index (χ4n) is 1.45. The molecule has 4 nitrogen and oxygen atoms in total. The molecule has 0 saturated carbocycles. The second kappa shape index (κ2) is 6.47. The number of oxime groups is 1. The molecule has 1 rings (SSSR count). The van der Waals surface area contributed by atoms with E-state index in [9.17, 15) is 0 Å². The highest BCUT2D eigenvalue weighted by atomic mass is 35.5. The lowest BCUT2D eigenvalue weighted by molar-refractivity contribution is 0.313. The molecule has 0 bridgehead atoms.